The van der Waals surface area contributed by atoms with Crippen LogP contribution in [0.3, 0.4) is 0 Å². The van der Waals surface area contributed by atoms with Crippen molar-refractivity contribution in [1.29, 1.82) is 0 Å². The van der Waals surface area contributed by atoms with Gasteiger partial charge >= 0.3 is 0 Å². The third kappa shape index (κ3) is 3.58. The molecule has 3 rings (SSSR count). The minimum absolute atomic E-state index is 0.00644. The van der Waals surface area contributed by atoms with Crippen molar-refractivity contribution in [2.45, 2.75) is 44.6 Å². The van der Waals surface area contributed by atoms with E-state index in [-0.39, 0.29) is 11.4 Å². The Kier molecular flexibility index (Phi) is 4.16. The van der Waals surface area contributed by atoms with Crippen LogP contribution >= 0.6 is 0 Å². The van der Waals surface area contributed by atoms with Gasteiger partial charge in [0.2, 0.25) is 0 Å². The summed E-state index contributed by atoms with van der Waals surface area (Å²) in [6.07, 6.45) is 4.92. The Morgan fingerprint density at radius 1 is 1.30 bits per heavy atom. The maximum atomic E-state index is 12.7. The topological polar surface area (TPSA) is 54.1 Å². The summed E-state index contributed by atoms with van der Waals surface area (Å²) in [6, 6.07) is 9.81. The van der Waals surface area contributed by atoms with E-state index in [1.807, 2.05) is 50.4 Å². The molecule has 0 atom stereocenters. The molecular formula is C19H24N2O2. The number of H-pyrrole nitrogens is 1. The van der Waals surface area contributed by atoms with Gasteiger partial charge in [0.25, 0.3) is 5.91 Å². The molecule has 23 heavy (non-hydrogen) atoms. The van der Waals surface area contributed by atoms with Gasteiger partial charge in [0.15, 0.2) is 0 Å². The van der Waals surface area contributed by atoms with E-state index >= 15 is 0 Å². The first kappa shape index (κ1) is 15.7. The van der Waals surface area contributed by atoms with Crippen molar-refractivity contribution >= 4 is 5.91 Å². The lowest BCUT2D eigenvalue weighted by molar-refractivity contribution is 0.0912. The van der Waals surface area contributed by atoms with Crippen LogP contribution in [-0.2, 0) is 6.42 Å². The largest absolute Gasteiger partial charge is 0.496 e. The maximum Gasteiger partial charge on any atom is 0.253 e. The van der Waals surface area contributed by atoms with Crippen LogP contribution in [0.5, 0.6) is 5.75 Å². The third-order valence-corrected chi connectivity index (χ3v) is 4.29. The van der Waals surface area contributed by atoms with Crippen LogP contribution in [0.4, 0.5) is 0 Å². The highest BCUT2D eigenvalue weighted by Crippen LogP contribution is 2.40. The fourth-order valence-electron chi connectivity index (χ4n) is 3.03. The van der Waals surface area contributed by atoms with Crippen LogP contribution in [-0.4, -0.2) is 23.5 Å². The lowest BCUT2D eigenvalue weighted by Gasteiger charge is -2.27. The number of hydrogen-bond acceptors (Lipinski definition) is 2. The number of rotatable bonds is 6. The number of para-hydroxylation sites is 1. The summed E-state index contributed by atoms with van der Waals surface area (Å²) in [5.74, 6) is 1.38. The standard InChI is InChI=1S/C19H24N2O2/c1-19(2,12-14-6-4-5-7-16(14)23-3)21-18(22)15-10-11-20-17(15)13-8-9-13/h4-7,10-11,13,20H,8-9,12H2,1-3H3,(H,21,22). The van der Waals surface area contributed by atoms with Crippen LogP contribution in [0.1, 0.15) is 54.2 Å². The molecule has 1 aliphatic rings. The molecule has 1 fully saturated rings. The highest BCUT2D eigenvalue weighted by atomic mass is 16.5. The van der Waals surface area contributed by atoms with E-state index in [0.717, 1.165) is 22.6 Å². The first-order valence-electron chi connectivity index (χ1n) is 8.12. The van der Waals surface area contributed by atoms with Crippen LogP contribution in [0.2, 0.25) is 0 Å². The van der Waals surface area contributed by atoms with Crippen LogP contribution in [0, 0.1) is 0 Å². The van der Waals surface area contributed by atoms with Gasteiger partial charge in [0, 0.05) is 17.4 Å². The highest BCUT2D eigenvalue weighted by Gasteiger charge is 2.31. The number of amides is 1. The van der Waals surface area contributed by atoms with E-state index < -0.39 is 0 Å². The number of hydrogen-bond donors (Lipinski definition) is 2. The van der Waals surface area contributed by atoms with Crippen molar-refractivity contribution in [3.63, 3.8) is 0 Å². The molecule has 0 aliphatic heterocycles. The Morgan fingerprint density at radius 3 is 2.74 bits per heavy atom. The molecule has 4 nitrogen and oxygen atoms in total. The van der Waals surface area contributed by atoms with Gasteiger partial charge in [-0.25, -0.2) is 0 Å². The van der Waals surface area contributed by atoms with Crippen molar-refractivity contribution < 1.29 is 9.53 Å². The van der Waals surface area contributed by atoms with E-state index in [2.05, 4.69) is 10.3 Å². The van der Waals surface area contributed by atoms with Crippen molar-refractivity contribution in [1.82, 2.24) is 10.3 Å². The van der Waals surface area contributed by atoms with Gasteiger partial charge in [-0.05, 0) is 56.7 Å². The molecule has 1 saturated carbocycles. The summed E-state index contributed by atoms with van der Waals surface area (Å²) < 4.78 is 5.41. The van der Waals surface area contributed by atoms with Gasteiger partial charge in [-0.2, -0.15) is 0 Å². The quantitative estimate of drug-likeness (QED) is 0.855. The van der Waals surface area contributed by atoms with Crippen LogP contribution < -0.4 is 10.1 Å². The smallest absolute Gasteiger partial charge is 0.253 e. The lowest BCUT2D eigenvalue weighted by atomic mass is 9.93. The minimum atomic E-state index is -0.357. The molecule has 4 heteroatoms. The Hall–Kier alpha value is -2.23. The molecule has 1 heterocycles. The van der Waals surface area contributed by atoms with E-state index in [4.69, 9.17) is 4.74 Å². The van der Waals surface area contributed by atoms with Crippen LogP contribution in [0.25, 0.3) is 0 Å². The molecule has 122 valence electrons. The minimum Gasteiger partial charge on any atom is -0.496 e. The molecule has 1 amide bonds. The van der Waals surface area contributed by atoms with Crippen LogP contribution in [0.15, 0.2) is 36.5 Å². The fraction of sp³-hybridized carbons (Fsp3) is 0.421. The van der Waals surface area contributed by atoms with E-state index in [0.29, 0.717) is 12.3 Å². The molecule has 0 radical (unpaired) electrons. The molecule has 1 aromatic carbocycles. The lowest BCUT2D eigenvalue weighted by Crippen LogP contribution is -2.45. The van der Waals surface area contributed by atoms with E-state index in [1.54, 1.807) is 7.11 Å². The summed E-state index contributed by atoms with van der Waals surface area (Å²) in [5, 5.41) is 3.17. The van der Waals surface area contributed by atoms with Crippen molar-refractivity contribution in [3.8, 4) is 5.75 Å². The molecule has 0 saturated heterocycles. The zero-order valence-corrected chi connectivity index (χ0v) is 14.0. The number of nitrogens with one attached hydrogen (secondary N) is 2. The van der Waals surface area contributed by atoms with Gasteiger partial charge in [0.1, 0.15) is 5.75 Å². The molecule has 0 bridgehead atoms. The molecule has 1 aromatic heterocycles. The molecule has 0 spiro atoms. The van der Waals surface area contributed by atoms with E-state index in [9.17, 15) is 4.79 Å². The molecule has 2 N–H and O–H groups in total. The number of aromatic amines is 1. The summed E-state index contributed by atoms with van der Waals surface area (Å²) >= 11 is 0. The van der Waals surface area contributed by atoms with Gasteiger partial charge in [-0.1, -0.05) is 18.2 Å². The first-order valence-corrected chi connectivity index (χ1v) is 8.12. The zero-order chi connectivity index (χ0) is 16.4. The maximum absolute atomic E-state index is 12.7. The second-order valence-electron chi connectivity index (χ2n) is 6.91. The molecule has 0 unspecified atom stereocenters. The predicted octanol–water partition coefficient (Wildman–Crippen LogP) is 3.65. The second kappa shape index (κ2) is 6.11. The summed E-state index contributed by atoms with van der Waals surface area (Å²) in [7, 11) is 1.67. The average molecular weight is 312 g/mol. The number of carbonyl (C=O) groups is 1. The van der Waals surface area contributed by atoms with Gasteiger partial charge < -0.3 is 15.0 Å². The van der Waals surface area contributed by atoms with Crippen molar-refractivity contribution in [2.75, 3.05) is 7.11 Å². The van der Waals surface area contributed by atoms with Crippen molar-refractivity contribution in [2.24, 2.45) is 0 Å². The predicted molar refractivity (Wildman–Crippen MR) is 91.0 cm³/mol. The Balaban J connectivity index is 1.72. The van der Waals surface area contributed by atoms with Gasteiger partial charge in [-0.3, -0.25) is 4.79 Å². The number of methoxy groups -OCH3 is 1. The Labute approximate surface area is 137 Å². The van der Waals surface area contributed by atoms with Gasteiger partial charge in [-0.15, -0.1) is 0 Å². The zero-order valence-electron chi connectivity index (χ0n) is 14.0. The molecule has 2 aromatic rings. The van der Waals surface area contributed by atoms with E-state index in [1.165, 1.54) is 12.8 Å². The number of aromatic nitrogens is 1. The summed E-state index contributed by atoms with van der Waals surface area (Å²) in [4.78, 5) is 15.9. The number of benzene rings is 1. The second-order valence-corrected chi connectivity index (χ2v) is 6.91. The van der Waals surface area contributed by atoms with Gasteiger partial charge in [0.05, 0.1) is 12.7 Å². The first-order chi connectivity index (χ1) is 11.0. The third-order valence-electron chi connectivity index (χ3n) is 4.29. The average Bonchev–Trinajstić information content (AvgIpc) is 3.23. The fourth-order valence-corrected chi connectivity index (χ4v) is 3.03. The number of carbonyl (C=O) groups excluding carboxylic acids is 1. The summed E-state index contributed by atoms with van der Waals surface area (Å²) in [6.45, 7) is 4.08. The molecule has 1 aliphatic carbocycles. The Morgan fingerprint density at radius 2 is 2.04 bits per heavy atom. The number of ether oxygens (including phenoxy) is 1. The SMILES string of the molecule is COc1ccccc1CC(C)(C)NC(=O)c1cc[nH]c1C1CC1. The molecular weight excluding hydrogens is 288 g/mol. The summed E-state index contributed by atoms with van der Waals surface area (Å²) in [5.41, 5.74) is 2.59. The monoisotopic (exact) mass is 312 g/mol. The normalized spacial score (nSPS) is 14.6. The van der Waals surface area contributed by atoms with Crippen molar-refractivity contribution in [3.05, 3.63) is 53.3 Å². The Bertz CT molecular complexity index is 699. The highest BCUT2D eigenvalue weighted by molar-refractivity contribution is 5.96.